The van der Waals surface area contributed by atoms with Crippen molar-refractivity contribution in [2.24, 2.45) is 5.16 Å². The number of nitrogens with zero attached hydrogens (tertiary/aromatic N) is 1. The number of hydrogen-bond donors (Lipinski definition) is 1. The predicted molar refractivity (Wildman–Crippen MR) is 64.2 cm³/mol. The summed E-state index contributed by atoms with van der Waals surface area (Å²) in [7, 11) is 0. The van der Waals surface area contributed by atoms with Gasteiger partial charge in [0.1, 0.15) is 11.5 Å². The maximum Gasteiger partial charge on any atom is 0.214 e. The molecule has 1 aromatic rings. The molecule has 4 heteroatoms. The summed E-state index contributed by atoms with van der Waals surface area (Å²) >= 11 is 0. The summed E-state index contributed by atoms with van der Waals surface area (Å²) in [5, 5.41) is 11.9. The molecule has 0 saturated carbocycles. The Hall–Kier alpha value is -1.84. The molecule has 1 aromatic carbocycles. The normalized spacial score (nSPS) is 17.8. The Morgan fingerprint density at radius 1 is 1.41 bits per heavy atom. The van der Waals surface area contributed by atoms with Crippen LogP contribution in [0.4, 0.5) is 0 Å². The van der Waals surface area contributed by atoms with Gasteiger partial charge in [-0.15, -0.1) is 0 Å². The second-order valence-electron chi connectivity index (χ2n) is 4.38. The fourth-order valence-electron chi connectivity index (χ4n) is 1.83. The highest BCUT2D eigenvalue weighted by Gasteiger charge is 2.23. The zero-order valence-corrected chi connectivity index (χ0v) is 9.93. The number of fused-ring (bicyclic) bond motifs is 1. The van der Waals surface area contributed by atoms with Gasteiger partial charge in [0.25, 0.3) is 0 Å². The second-order valence-corrected chi connectivity index (χ2v) is 4.38. The summed E-state index contributed by atoms with van der Waals surface area (Å²) in [6, 6.07) is 5.58. The van der Waals surface area contributed by atoms with Gasteiger partial charge in [0.05, 0.1) is 12.2 Å². The minimum atomic E-state index is -0.248. The summed E-state index contributed by atoms with van der Waals surface area (Å²) in [5.74, 6) is 0.659. The first-order chi connectivity index (χ1) is 8.13. The molecule has 0 aromatic heterocycles. The number of carbonyl (C=O) groups excluding carboxylic acids is 1. The fourth-order valence-corrected chi connectivity index (χ4v) is 1.83. The predicted octanol–water partition coefficient (Wildman–Crippen LogP) is 2.61. The third-order valence-corrected chi connectivity index (χ3v) is 2.89. The van der Waals surface area contributed by atoms with Gasteiger partial charge in [0, 0.05) is 6.42 Å². The van der Waals surface area contributed by atoms with E-state index in [0.717, 1.165) is 5.56 Å². The number of ketones is 1. The molecule has 0 fully saturated rings. The van der Waals surface area contributed by atoms with Gasteiger partial charge >= 0.3 is 0 Å². The molecule has 0 spiro atoms. The zero-order chi connectivity index (χ0) is 12.4. The summed E-state index contributed by atoms with van der Waals surface area (Å²) in [5.41, 5.74) is 1.71. The number of Topliss-reactive ketones (excluding diaryl/α,β-unsaturated/α-hetero) is 1. The molecular formula is C13H15NO3. The van der Waals surface area contributed by atoms with E-state index in [-0.39, 0.29) is 11.5 Å². The van der Waals surface area contributed by atoms with Gasteiger partial charge in [-0.3, -0.25) is 4.79 Å². The van der Waals surface area contributed by atoms with Crippen LogP contribution in [-0.4, -0.2) is 23.3 Å². The Morgan fingerprint density at radius 2 is 2.18 bits per heavy atom. The lowest BCUT2D eigenvalue weighted by Gasteiger charge is -2.10. The molecule has 0 bridgehead atoms. The Bertz CT molecular complexity index is 478. The van der Waals surface area contributed by atoms with Crippen molar-refractivity contribution in [3.8, 4) is 5.75 Å². The van der Waals surface area contributed by atoms with Gasteiger partial charge in [0.2, 0.25) is 5.78 Å². The van der Waals surface area contributed by atoms with E-state index in [1.54, 1.807) is 0 Å². The van der Waals surface area contributed by atoms with Crippen LogP contribution in [0.5, 0.6) is 5.75 Å². The van der Waals surface area contributed by atoms with Crippen molar-refractivity contribution in [2.75, 3.05) is 6.61 Å². The van der Waals surface area contributed by atoms with Crippen LogP contribution >= 0.6 is 0 Å². The molecular weight excluding hydrogens is 218 g/mol. The van der Waals surface area contributed by atoms with E-state index in [0.29, 0.717) is 30.3 Å². The fraction of sp³-hybridized carbons (Fsp3) is 0.385. The zero-order valence-electron chi connectivity index (χ0n) is 9.93. The number of benzene rings is 1. The highest BCUT2D eigenvalue weighted by Crippen LogP contribution is 2.27. The van der Waals surface area contributed by atoms with Crippen LogP contribution in [0, 0.1) is 0 Å². The summed E-state index contributed by atoms with van der Waals surface area (Å²) in [6.07, 6.45) is 0.334. The van der Waals surface area contributed by atoms with Crippen LogP contribution in [0.25, 0.3) is 0 Å². The van der Waals surface area contributed by atoms with Gasteiger partial charge in [-0.05, 0) is 23.6 Å². The van der Waals surface area contributed by atoms with Crippen molar-refractivity contribution in [1.29, 1.82) is 0 Å². The third-order valence-electron chi connectivity index (χ3n) is 2.89. The van der Waals surface area contributed by atoms with Crippen LogP contribution in [0.15, 0.2) is 23.4 Å². The quantitative estimate of drug-likeness (QED) is 0.599. The van der Waals surface area contributed by atoms with Crippen molar-refractivity contribution in [1.82, 2.24) is 0 Å². The molecule has 0 radical (unpaired) electrons. The van der Waals surface area contributed by atoms with Crippen molar-refractivity contribution in [3.05, 3.63) is 29.3 Å². The number of ether oxygens (including phenoxy) is 1. The first-order valence-corrected chi connectivity index (χ1v) is 5.66. The molecule has 0 aliphatic carbocycles. The van der Waals surface area contributed by atoms with E-state index in [9.17, 15) is 4.79 Å². The molecule has 1 aliphatic rings. The van der Waals surface area contributed by atoms with Crippen LogP contribution in [0.2, 0.25) is 0 Å². The second kappa shape index (κ2) is 4.57. The van der Waals surface area contributed by atoms with Crippen LogP contribution in [0.1, 0.15) is 42.1 Å². The molecule has 0 amide bonds. The van der Waals surface area contributed by atoms with Gasteiger partial charge in [-0.2, -0.15) is 0 Å². The van der Waals surface area contributed by atoms with Gasteiger partial charge in [-0.1, -0.05) is 25.1 Å². The van der Waals surface area contributed by atoms with Crippen molar-refractivity contribution < 1.29 is 14.7 Å². The molecule has 90 valence electrons. The third kappa shape index (κ3) is 2.16. The lowest BCUT2D eigenvalue weighted by molar-refractivity contribution is 0.106. The highest BCUT2D eigenvalue weighted by atomic mass is 16.5. The van der Waals surface area contributed by atoms with E-state index in [2.05, 4.69) is 19.0 Å². The van der Waals surface area contributed by atoms with Gasteiger partial charge < -0.3 is 9.94 Å². The largest absolute Gasteiger partial charge is 0.492 e. The number of rotatable bonds is 1. The average Bonchev–Trinajstić information content (AvgIpc) is 2.48. The number of hydrogen-bond acceptors (Lipinski definition) is 4. The lowest BCUT2D eigenvalue weighted by Crippen LogP contribution is -2.13. The molecule has 17 heavy (non-hydrogen) atoms. The summed E-state index contributed by atoms with van der Waals surface area (Å²) in [4.78, 5) is 12.1. The van der Waals surface area contributed by atoms with Crippen molar-refractivity contribution >= 4 is 11.5 Å². The maximum absolute atomic E-state index is 12.1. The van der Waals surface area contributed by atoms with Crippen LogP contribution < -0.4 is 4.74 Å². The monoisotopic (exact) mass is 233 g/mol. The Balaban J connectivity index is 2.51. The average molecular weight is 233 g/mol. The molecule has 0 unspecified atom stereocenters. The molecule has 1 heterocycles. The molecule has 1 aliphatic heterocycles. The number of oxime groups is 1. The summed E-state index contributed by atoms with van der Waals surface area (Å²) < 4.78 is 5.47. The highest BCUT2D eigenvalue weighted by molar-refractivity contribution is 6.46. The maximum atomic E-state index is 12.1. The molecule has 0 saturated heterocycles. The van der Waals surface area contributed by atoms with Gasteiger partial charge in [0.15, 0.2) is 0 Å². The van der Waals surface area contributed by atoms with Crippen molar-refractivity contribution in [3.63, 3.8) is 0 Å². The SMILES string of the molecule is CC(C)c1ccc2c(c1)C(=O)/C(=N\O)CCO2. The molecule has 1 N–H and O–H groups in total. The first kappa shape index (κ1) is 11.6. The molecule has 2 rings (SSSR count). The van der Waals surface area contributed by atoms with E-state index in [1.165, 1.54) is 0 Å². The Morgan fingerprint density at radius 3 is 2.82 bits per heavy atom. The Labute approximate surface area is 99.9 Å². The van der Waals surface area contributed by atoms with Crippen LogP contribution in [0.3, 0.4) is 0 Å². The lowest BCUT2D eigenvalue weighted by atomic mass is 9.97. The minimum absolute atomic E-state index is 0.157. The van der Waals surface area contributed by atoms with Crippen LogP contribution in [-0.2, 0) is 0 Å². The topological polar surface area (TPSA) is 58.9 Å². The Kier molecular flexibility index (Phi) is 3.13. The molecule has 0 atom stereocenters. The first-order valence-electron chi connectivity index (χ1n) is 5.66. The smallest absolute Gasteiger partial charge is 0.214 e. The standard InChI is InChI=1S/C13H15NO3/c1-8(2)9-3-4-12-10(7-9)13(15)11(14-16)5-6-17-12/h3-4,7-8,16H,5-6H2,1-2H3/b14-11-. The molecule has 4 nitrogen and oxygen atoms in total. The summed E-state index contributed by atoms with van der Waals surface area (Å²) in [6.45, 7) is 4.48. The van der Waals surface area contributed by atoms with E-state index >= 15 is 0 Å². The minimum Gasteiger partial charge on any atom is -0.492 e. The van der Waals surface area contributed by atoms with Crippen molar-refractivity contribution in [2.45, 2.75) is 26.2 Å². The number of carbonyl (C=O) groups is 1. The van der Waals surface area contributed by atoms with E-state index in [4.69, 9.17) is 9.94 Å². The van der Waals surface area contributed by atoms with Gasteiger partial charge in [-0.25, -0.2) is 0 Å². The van der Waals surface area contributed by atoms with E-state index < -0.39 is 0 Å². The van der Waals surface area contributed by atoms with E-state index in [1.807, 2.05) is 18.2 Å².